The Kier molecular flexibility index (Phi) is 8.73. The van der Waals surface area contributed by atoms with Gasteiger partial charge in [0.2, 0.25) is 0 Å². The first-order valence-corrected chi connectivity index (χ1v) is 9.39. The highest BCUT2D eigenvalue weighted by molar-refractivity contribution is 5.81. The van der Waals surface area contributed by atoms with Gasteiger partial charge in [0, 0.05) is 12.2 Å². The zero-order valence-corrected chi connectivity index (χ0v) is 16.1. The van der Waals surface area contributed by atoms with Gasteiger partial charge in [-0.1, -0.05) is 61.7 Å². The van der Waals surface area contributed by atoms with Crippen LogP contribution < -0.4 is 0 Å². The maximum atomic E-state index is 11.0. The highest BCUT2D eigenvalue weighted by Gasteiger charge is 2.02. The van der Waals surface area contributed by atoms with E-state index in [9.17, 15) is 9.59 Å². The fourth-order valence-electron chi connectivity index (χ4n) is 2.74. The highest BCUT2D eigenvalue weighted by Crippen LogP contribution is 2.21. The lowest BCUT2D eigenvalue weighted by Gasteiger charge is -2.07. The Morgan fingerprint density at radius 3 is 1.36 bits per heavy atom. The fraction of sp³-hybridized carbons (Fsp3) is 0.250. The first kappa shape index (κ1) is 21.2. The second kappa shape index (κ2) is 11.5. The summed E-state index contributed by atoms with van der Waals surface area (Å²) >= 11 is 0. The van der Waals surface area contributed by atoms with Crippen molar-refractivity contribution in [2.24, 2.45) is 0 Å². The summed E-state index contributed by atoms with van der Waals surface area (Å²) in [4.78, 5) is 22.0. The van der Waals surface area contributed by atoms with E-state index in [1.165, 1.54) is 23.3 Å². The SMILES string of the molecule is C=CC(=O)OCCCc1ccc(-c2ccc(CCCOC(=O)C=C)cc2)cc1. The molecular formula is C24H26O4. The summed E-state index contributed by atoms with van der Waals surface area (Å²) < 4.78 is 9.97. The lowest BCUT2D eigenvalue weighted by atomic mass is 10.00. The van der Waals surface area contributed by atoms with E-state index in [1.54, 1.807) is 0 Å². The Balaban J connectivity index is 1.79. The molecule has 0 atom stereocenters. The molecule has 0 aliphatic rings. The average Bonchev–Trinajstić information content (AvgIpc) is 2.74. The van der Waals surface area contributed by atoms with Gasteiger partial charge in [0.1, 0.15) is 0 Å². The molecule has 0 bridgehead atoms. The van der Waals surface area contributed by atoms with Crippen LogP contribution in [0.4, 0.5) is 0 Å². The van der Waals surface area contributed by atoms with Crippen LogP contribution in [0.1, 0.15) is 24.0 Å². The maximum Gasteiger partial charge on any atom is 0.330 e. The molecule has 0 heterocycles. The second-order valence-corrected chi connectivity index (χ2v) is 6.34. The van der Waals surface area contributed by atoms with E-state index in [2.05, 4.69) is 61.7 Å². The molecule has 0 N–H and O–H groups in total. The zero-order valence-electron chi connectivity index (χ0n) is 16.1. The van der Waals surface area contributed by atoms with Gasteiger partial charge in [-0.3, -0.25) is 0 Å². The molecule has 0 saturated carbocycles. The molecule has 0 aliphatic heterocycles. The number of benzene rings is 2. The summed E-state index contributed by atoms with van der Waals surface area (Å²) in [5.41, 5.74) is 4.75. The highest BCUT2D eigenvalue weighted by atomic mass is 16.5. The maximum absolute atomic E-state index is 11.0. The molecule has 2 aromatic carbocycles. The summed E-state index contributed by atoms with van der Waals surface area (Å²) in [7, 11) is 0. The van der Waals surface area contributed by atoms with Crippen LogP contribution in [-0.2, 0) is 31.9 Å². The van der Waals surface area contributed by atoms with Crippen molar-refractivity contribution in [1.29, 1.82) is 0 Å². The van der Waals surface area contributed by atoms with E-state index in [1.807, 2.05) is 0 Å². The standard InChI is InChI=1S/C24H26O4/c1-3-23(25)27-17-5-7-19-9-13-21(14-10-19)22-15-11-20(12-16-22)8-6-18-28-24(26)4-2/h3-4,9-16H,1-2,5-8,17-18H2. The van der Waals surface area contributed by atoms with Crippen LogP contribution in [0.2, 0.25) is 0 Å². The summed E-state index contributed by atoms with van der Waals surface area (Å²) in [6, 6.07) is 16.8. The first-order chi connectivity index (χ1) is 13.6. The van der Waals surface area contributed by atoms with Crippen LogP contribution in [0.3, 0.4) is 0 Å². The molecule has 0 unspecified atom stereocenters. The molecule has 28 heavy (non-hydrogen) atoms. The monoisotopic (exact) mass is 378 g/mol. The third kappa shape index (κ3) is 7.23. The second-order valence-electron chi connectivity index (χ2n) is 6.34. The van der Waals surface area contributed by atoms with Crippen LogP contribution in [0, 0.1) is 0 Å². The van der Waals surface area contributed by atoms with Crippen LogP contribution in [0.5, 0.6) is 0 Å². The molecular weight excluding hydrogens is 352 g/mol. The number of carbonyl (C=O) groups is 2. The lowest BCUT2D eigenvalue weighted by Crippen LogP contribution is -2.02. The third-order valence-corrected chi connectivity index (χ3v) is 4.28. The first-order valence-electron chi connectivity index (χ1n) is 9.39. The predicted octanol–water partition coefficient (Wildman–Crippen LogP) is 4.68. The number of hydrogen-bond acceptors (Lipinski definition) is 4. The normalized spacial score (nSPS) is 10.1. The van der Waals surface area contributed by atoms with Crippen LogP contribution in [0.15, 0.2) is 73.8 Å². The van der Waals surface area contributed by atoms with Crippen molar-refractivity contribution < 1.29 is 19.1 Å². The van der Waals surface area contributed by atoms with Crippen molar-refractivity contribution in [3.05, 3.63) is 85.0 Å². The van der Waals surface area contributed by atoms with Crippen LogP contribution in [0.25, 0.3) is 11.1 Å². The minimum absolute atomic E-state index is 0.378. The minimum Gasteiger partial charge on any atom is -0.463 e. The lowest BCUT2D eigenvalue weighted by molar-refractivity contribution is -0.138. The summed E-state index contributed by atoms with van der Waals surface area (Å²) in [6.07, 6.45) is 5.65. The topological polar surface area (TPSA) is 52.6 Å². The van der Waals surface area contributed by atoms with Crippen molar-refractivity contribution in [2.45, 2.75) is 25.7 Å². The van der Waals surface area contributed by atoms with Crippen LogP contribution in [-0.4, -0.2) is 25.2 Å². The Labute approximate surface area is 166 Å². The number of rotatable bonds is 11. The van der Waals surface area contributed by atoms with Gasteiger partial charge < -0.3 is 9.47 Å². The molecule has 4 heteroatoms. The molecule has 0 fully saturated rings. The van der Waals surface area contributed by atoms with E-state index >= 15 is 0 Å². The van der Waals surface area contributed by atoms with Gasteiger partial charge in [0.25, 0.3) is 0 Å². The van der Waals surface area contributed by atoms with Gasteiger partial charge in [-0.15, -0.1) is 0 Å². The number of aryl methyl sites for hydroxylation is 2. The zero-order chi connectivity index (χ0) is 20.2. The molecule has 146 valence electrons. The van der Waals surface area contributed by atoms with Gasteiger partial charge >= 0.3 is 11.9 Å². The Hall–Kier alpha value is -3.14. The minimum atomic E-state index is -0.378. The molecule has 0 spiro atoms. The molecule has 0 saturated heterocycles. The molecule has 4 nitrogen and oxygen atoms in total. The van der Waals surface area contributed by atoms with Gasteiger partial charge in [0.15, 0.2) is 0 Å². The Morgan fingerprint density at radius 2 is 1.04 bits per heavy atom. The van der Waals surface area contributed by atoms with Gasteiger partial charge in [-0.05, 0) is 47.9 Å². The van der Waals surface area contributed by atoms with Gasteiger partial charge in [-0.2, -0.15) is 0 Å². The number of hydrogen-bond donors (Lipinski definition) is 0. The van der Waals surface area contributed by atoms with Crippen molar-refractivity contribution in [3.63, 3.8) is 0 Å². The molecule has 0 radical (unpaired) electrons. The van der Waals surface area contributed by atoms with Crippen molar-refractivity contribution in [1.82, 2.24) is 0 Å². The number of esters is 2. The van der Waals surface area contributed by atoms with Crippen molar-refractivity contribution in [3.8, 4) is 11.1 Å². The van der Waals surface area contributed by atoms with Crippen molar-refractivity contribution in [2.75, 3.05) is 13.2 Å². The van der Waals surface area contributed by atoms with E-state index in [0.29, 0.717) is 13.2 Å². The fourth-order valence-corrected chi connectivity index (χ4v) is 2.74. The van der Waals surface area contributed by atoms with E-state index < -0.39 is 0 Å². The Bertz CT molecular complexity index is 719. The number of carbonyl (C=O) groups excluding carboxylic acids is 2. The van der Waals surface area contributed by atoms with Crippen LogP contribution >= 0.6 is 0 Å². The quantitative estimate of drug-likeness (QED) is 0.324. The third-order valence-electron chi connectivity index (χ3n) is 4.28. The smallest absolute Gasteiger partial charge is 0.330 e. The molecule has 2 aromatic rings. The molecule has 0 aliphatic carbocycles. The van der Waals surface area contributed by atoms with Gasteiger partial charge in [-0.25, -0.2) is 9.59 Å². The summed E-state index contributed by atoms with van der Waals surface area (Å²) in [5, 5.41) is 0. The average molecular weight is 378 g/mol. The number of ether oxygens (including phenoxy) is 2. The van der Waals surface area contributed by atoms with E-state index in [4.69, 9.17) is 9.47 Å². The van der Waals surface area contributed by atoms with Gasteiger partial charge in [0.05, 0.1) is 13.2 Å². The van der Waals surface area contributed by atoms with E-state index in [0.717, 1.165) is 36.8 Å². The van der Waals surface area contributed by atoms with E-state index in [-0.39, 0.29) is 11.9 Å². The summed E-state index contributed by atoms with van der Waals surface area (Å²) in [6.45, 7) is 7.55. The molecule has 0 aromatic heterocycles. The molecule has 2 rings (SSSR count). The molecule has 0 amide bonds. The largest absolute Gasteiger partial charge is 0.463 e. The Morgan fingerprint density at radius 1 is 0.679 bits per heavy atom. The predicted molar refractivity (Wildman–Crippen MR) is 111 cm³/mol. The van der Waals surface area contributed by atoms with Crippen molar-refractivity contribution >= 4 is 11.9 Å². The summed E-state index contributed by atoms with van der Waals surface area (Å²) in [5.74, 6) is -0.756.